The molecule has 1 aliphatic heterocycles. The molecule has 4 aliphatic rings. The minimum Gasteiger partial charge on any atom is -0.349 e. The molecule has 32 heavy (non-hydrogen) atoms. The molecule has 1 aromatic rings. The van der Waals surface area contributed by atoms with Crippen LogP contribution in [0.25, 0.3) is 0 Å². The average Bonchev–Trinajstić information content (AvgIpc) is 3.13. The van der Waals surface area contributed by atoms with Crippen LogP contribution < -0.4 is 5.32 Å². The zero-order valence-electron chi connectivity index (χ0n) is 19.3. The van der Waals surface area contributed by atoms with E-state index in [4.69, 9.17) is 5.26 Å². The summed E-state index contributed by atoms with van der Waals surface area (Å²) < 4.78 is 0. The molecule has 1 aromatic carbocycles. The van der Waals surface area contributed by atoms with Gasteiger partial charge < -0.3 is 10.2 Å². The summed E-state index contributed by atoms with van der Waals surface area (Å²) in [4.78, 5) is 27.2. The molecule has 0 radical (unpaired) electrons. The van der Waals surface area contributed by atoms with Gasteiger partial charge in [0.1, 0.15) is 0 Å². The highest BCUT2D eigenvalue weighted by atomic mass is 16.2. The van der Waals surface area contributed by atoms with E-state index < -0.39 is 0 Å². The van der Waals surface area contributed by atoms with E-state index in [1.807, 2.05) is 11.9 Å². The van der Waals surface area contributed by atoms with Gasteiger partial charge >= 0.3 is 0 Å². The molecule has 3 fully saturated rings. The first-order valence-corrected chi connectivity index (χ1v) is 12.0. The Hall–Kier alpha value is -2.61. The number of fused-ring (bicyclic) bond motifs is 5. The van der Waals surface area contributed by atoms with E-state index in [0.717, 1.165) is 32.1 Å². The second-order valence-corrected chi connectivity index (χ2v) is 11.0. The van der Waals surface area contributed by atoms with Crippen LogP contribution in [-0.4, -0.2) is 35.8 Å². The summed E-state index contributed by atoms with van der Waals surface area (Å²) in [5, 5.41) is 12.4. The first-order chi connectivity index (χ1) is 15.3. The molecule has 3 aliphatic carbocycles. The summed E-state index contributed by atoms with van der Waals surface area (Å²) in [5.74, 6) is 1.96. The number of hydrogen-bond acceptors (Lipinski definition) is 3. The average molecular weight is 432 g/mol. The molecule has 0 aromatic heterocycles. The Balaban J connectivity index is 1.35. The lowest BCUT2D eigenvalue weighted by Crippen LogP contribution is -2.60. The molecule has 0 spiro atoms. The summed E-state index contributed by atoms with van der Waals surface area (Å²) in [6.07, 6.45) is 10.7. The predicted octanol–water partition coefficient (Wildman–Crippen LogP) is 4.30. The zero-order chi connectivity index (χ0) is 22.7. The molecule has 1 N–H and O–H groups in total. The highest BCUT2D eigenvalue weighted by Gasteiger charge is 2.60. The van der Waals surface area contributed by atoms with E-state index in [0.29, 0.717) is 34.9 Å². The van der Waals surface area contributed by atoms with Gasteiger partial charge in [-0.05, 0) is 92.0 Å². The molecule has 0 unspecified atom stereocenters. The van der Waals surface area contributed by atoms with Crippen molar-refractivity contribution in [1.29, 1.82) is 5.26 Å². The van der Waals surface area contributed by atoms with Gasteiger partial charge in [-0.3, -0.25) is 9.59 Å². The Morgan fingerprint density at radius 3 is 2.56 bits per heavy atom. The molecule has 0 saturated heterocycles. The summed E-state index contributed by atoms with van der Waals surface area (Å²) in [7, 11) is 1.96. The lowest BCUT2D eigenvalue weighted by Gasteiger charge is -2.60. The quantitative estimate of drug-likeness (QED) is 0.759. The summed E-state index contributed by atoms with van der Waals surface area (Å²) >= 11 is 0. The van der Waals surface area contributed by atoms with Gasteiger partial charge in [0.05, 0.1) is 11.6 Å². The SMILES string of the molecule is CN1C(=O)C=C[C@]2(C)[C@H]3CC[C@]4(C)[C@@H](NC(=O)c5ccc(C#N)cc5)CC[C@H]4[C@@H]3CC[C@@H]12. The van der Waals surface area contributed by atoms with Crippen LogP contribution in [0.15, 0.2) is 36.4 Å². The molecule has 5 rings (SSSR count). The number of likely N-dealkylation sites (N-methyl/N-ethyl adjacent to an activating group) is 1. The van der Waals surface area contributed by atoms with Crippen LogP contribution >= 0.6 is 0 Å². The van der Waals surface area contributed by atoms with Crippen LogP contribution in [-0.2, 0) is 4.79 Å². The number of nitrogens with zero attached hydrogens (tertiary/aromatic N) is 2. The summed E-state index contributed by atoms with van der Waals surface area (Å²) in [5.41, 5.74) is 1.36. The van der Waals surface area contributed by atoms with E-state index in [9.17, 15) is 9.59 Å². The second kappa shape index (κ2) is 7.47. The van der Waals surface area contributed by atoms with Gasteiger partial charge in [0.2, 0.25) is 5.91 Å². The van der Waals surface area contributed by atoms with Crippen molar-refractivity contribution in [3.8, 4) is 6.07 Å². The fourth-order valence-corrected chi connectivity index (χ4v) is 7.91. The Morgan fingerprint density at radius 2 is 1.84 bits per heavy atom. The number of carbonyl (C=O) groups is 2. The number of rotatable bonds is 2. The maximum atomic E-state index is 13.0. The smallest absolute Gasteiger partial charge is 0.251 e. The Kier molecular flexibility index (Phi) is 4.96. The van der Waals surface area contributed by atoms with Gasteiger partial charge in [0, 0.05) is 30.1 Å². The summed E-state index contributed by atoms with van der Waals surface area (Å²) in [6.45, 7) is 4.76. The second-order valence-electron chi connectivity index (χ2n) is 11.0. The zero-order valence-corrected chi connectivity index (χ0v) is 19.3. The van der Waals surface area contributed by atoms with Crippen molar-refractivity contribution >= 4 is 11.8 Å². The third kappa shape index (κ3) is 3.03. The number of nitriles is 1. The van der Waals surface area contributed by atoms with Gasteiger partial charge in [-0.15, -0.1) is 0 Å². The minimum absolute atomic E-state index is 0.0329. The highest BCUT2D eigenvalue weighted by Crippen LogP contribution is 2.63. The topological polar surface area (TPSA) is 73.2 Å². The number of amides is 2. The van der Waals surface area contributed by atoms with Crippen molar-refractivity contribution in [2.45, 2.75) is 64.5 Å². The maximum absolute atomic E-state index is 13.0. The fraction of sp³-hybridized carbons (Fsp3) is 0.593. The van der Waals surface area contributed by atoms with Gasteiger partial charge in [-0.25, -0.2) is 0 Å². The highest BCUT2D eigenvalue weighted by molar-refractivity contribution is 5.94. The van der Waals surface area contributed by atoms with Gasteiger partial charge in [0.25, 0.3) is 5.91 Å². The van der Waals surface area contributed by atoms with Gasteiger partial charge in [0.15, 0.2) is 0 Å². The Bertz CT molecular complexity index is 1010. The van der Waals surface area contributed by atoms with Gasteiger partial charge in [-0.2, -0.15) is 5.26 Å². The first kappa shape index (κ1) is 21.2. The monoisotopic (exact) mass is 431 g/mol. The van der Waals surface area contributed by atoms with Gasteiger partial charge in [-0.1, -0.05) is 19.9 Å². The molecule has 1 heterocycles. The number of benzene rings is 1. The maximum Gasteiger partial charge on any atom is 0.251 e. The summed E-state index contributed by atoms with van der Waals surface area (Å²) in [6, 6.07) is 9.50. The lowest BCUT2D eigenvalue weighted by molar-refractivity contribution is -0.138. The fourth-order valence-electron chi connectivity index (χ4n) is 7.91. The Morgan fingerprint density at radius 1 is 1.09 bits per heavy atom. The minimum atomic E-state index is -0.0329. The van der Waals surface area contributed by atoms with E-state index in [2.05, 4.69) is 31.3 Å². The normalized spacial score (nSPS) is 40.1. The lowest BCUT2D eigenvalue weighted by atomic mass is 9.48. The number of carbonyl (C=O) groups excluding carboxylic acids is 2. The largest absolute Gasteiger partial charge is 0.349 e. The Labute approximate surface area is 190 Å². The van der Waals surface area contributed by atoms with Crippen molar-refractivity contribution in [3.63, 3.8) is 0 Å². The van der Waals surface area contributed by atoms with Crippen molar-refractivity contribution in [2.75, 3.05) is 7.05 Å². The molecular formula is C27H33N3O2. The van der Waals surface area contributed by atoms with E-state index in [1.54, 1.807) is 30.3 Å². The van der Waals surface area contributed by atoms with Crippen molar-refractivity contribution in [3.05, 3.63) is 47.5 Å². The predicted molar refractivity (Wildman–Crippen MR) is 122 cm³/mol. The van der Waals surface area contributed by atoms with Crippen LogP contribution in [0.2, 0.25) is 0 Å². The molecule has 2 amide bonds. The number of nitrogens with one attached hydrogen (secondary N) is 1. The first-order valence-electron chi connectivity index (χ1n) is 12.0. The molecule has 7 atom stereocenters. The van der Waals surface area contributed by atoms with Crippen molar-refractivity contribution in [1.82, 2.24) is 10.2 Å². The van der Waals surface area contributed by atoms with E-state index in [1.165, 1.54) is 6.42 Å². The van der Waals surface area contributed by atoms with Crippen LogP contribution in [0.4, 0.5) is 0 Å². The molecule has 5 nitrogen and oxygen atoms in total. The van der Waals surface area contributed by atoms with Crippen molar-refractivity contribution in [2.24, 2.45) is 28.6 Å². The van der Waals surface area contributed by atoms with E-state index in [-0.39, 0.29) is 28.7 Å². The third-order valence-electron chi connectivity index (χ3n) is 9.71. The van der Waals surface area contributed by atoms with Crippen LogP contribution in [0.3, 0.4) is 0 Å². The molecule has 3 saturated carbocycles. The molecule has 5 heteroatoms. The molecule has 168 valence electrons. The number of hydrogen-bond donors (Lipinski definition) is 1. The van der Waals surface area contributed by atoms with Crippen LogP contribution in [0.5, 0.6) is 0 Å². The third-order valence-corrected chi connectivity index (χ3v) is 9.71. The van der Waals surface area contributed by atoms with E-state index >= 15 is 0 Å². The standard InChI is InChI=1S/C27H33N3O2/c1-26-14-12-21-19(8-11-23-27(21,2)15-13-24(31)30(23)3)20(26)9-10-22(26)29-25(32)18-6-4-17(16-28)5-7-18/h4-7,13,15,19-23H,8-12,14H2,1-3H3,(H,29,32)/t19-,20-,21-,22-,23+,26-,27+/m0/s1. The molecular weight excluding hydrogens is 398 g/mol. The van der Waals surface area contributed by atoms with Crippen LogP contribution in [0.1, 0.15) is 68.3 Å². The van der Waals surface area contributed by atoms with Crippen LogP contribution in [0, 0.1) is 39.9 Å². The molecule has 0 bridgehead atoms. The van der Waals surface area contributed by atoms with Crippen molar-refractivity contribution < 1.29 is 9.59 Å².